The van der Waals surface area contributed by atoms with Gasteiger partial charge >= 0.3 is 6.03 Å². The van der Waals surface area contributed by atoms with Crippen molar-refractivity contribution in [2.75, 3.05) is 18.5 Å². The van der Waals surface area contributed by atoms with E-state index in [4.69, 9.17) is 27.3 Å². The number of urea groups is 1. The number of hydrogen-bond donors (Lipinski definition) is 2. The van der Waals surface area contributed by atoms with Crippen LogP contribution in [0.3, 0.4) is 0 Å². The average Bonchev–Trinajstić information content (AvgIpc) is 3.18. The minimum absolute atomic E-state index is 0.150. The van der Waals surface area contributed by atoms with E-state index in [1.54, 1.807) is 47.1 Å². The molecule has 0 atom stereocenters. The third-order valence-corrected chi connectivity index (χ3v) is 5.46. The van der Waals surface area contributed by atoms with Gasteiger partial charge in [0.1, 0.15) is 11.4 Å². The molecule has 9 nitrogen and oxygen atoms in total. The van der Waals surface area contributed by atoms with Crippen molar-refractivity contribution >= 4 is 29.2 Å². The lowest BCUT2D eigenvalue weighted by molar-refractivity contribution is 0.102. The van der Waals surface area contributed by atoms with Crippen molar-refractivity contribution in [1.29, 1.82) is 5.26 Å². The molecule has 0 saturated heterocycles. The number of anilines is 1. The van der Waals surface area contributed by atoms with Crippen LogP contribution >= 0.6 is 11.6 Å². The highest BCUT2D eigenvalue weighted by Gasteiger charge is 2.30. The number of fused-ring (bicyclic) bond motifs is 1. The molecule has 33 heavy (non-hydrogen) atoms. The Balaban J connectivity index is 1.79. The van der Waals surface area contributed by atoms with Gasteiger partial charge in [0, 0.05) is 22.8 Å². The van der Waals surface area contributed by atoms with Gasteiger partial charge in [-0.2, -0.15) is 10.4 Å². The molecule has 4 rings (SSSR count). The number of hydrogen-bond acceptors (Lipinski definition) is 5. The summed E-state index contributed by atoms with van der Waals surface area (Å²) in [5.74, 6) is 0.156. The van der Waals surface area contributed by atoms with Gasteiger partial charge in [-0.3, -0.25) is 9.48 Å². The van der Waals surface area contributed by atoms with E-state index < -0.39 is 11.9 Å². The summed E-state index contributed by atoms with van der Waals surface area (Å²) in [6, 6.07) is 13.2. The van der Waals surface area contributed by atoms with E-state index in [1.807, 2.05) is 13.0 Å². The van der Waals surface area contributed by atoms with Crippen LogP contribution in [0.5, 0.6) is 5.75 Å². The molecular weight excluding hydrogens is 444 g/mol. The van der Waals surface area contributed by atoms with E-state index in [0.29, 0.717) is 64.2 Å². The third kappa shape index (κ3) is 4.61. The van der Waals surface area contributed by atoms with Crippen molar-refractivity contribution in [2.45, 2.75) is 20.0 Å². The zero-order valence-corrected chi connectivity index (χ0v) is 18.6. The fourth-order valence-electron chi connectivity index (χ4n) is 3.72. The SMILES string of the molecule is CCOc1cc(Cl)cc(-c2nn3c(c2C(=O)Nc2ccc(C#N)cc2)CN(C(N)=O)CC3)c1. The molecule has 1 aromatic heterocycles. The molecule has 3 amide bonds. The molecule has 10 heteroatoms. The van der Waals surface area contributed by atoms with E-state index >= 15 is 0 Å². The lowest BCUT2D eigenvalue weighted by Gasteiger charge is -2.26. The van der Waals surface area contributed by atoms with Crippen LogP contribution in [0.15, 0.2) is 42.5 Å². The van der Waals surface area contributed by atoms with Gasteiger partial charge in [0.05, 0.1) is 42.6 Å². The van der Waals surface area contributed by atoms with E-state index in [9.17, 15) is 9.59 Å². The van der Waals surface area contributed by atoms with Crippen molar-refractivity contribution in [3.05, 3.63) is 64.3 Å². The number of rotatable bonds is 5. The standard InChI is InChI=1S/C23H21ClN6O3/c1-2-33-18-10-15(9-16(24)11-18)21-20(19-13-29(23(26)32)7-8-30(19)28-21)22(31)27-17-5-3-14(12-25)4-6-17/h3-6,9-11H,2,7-8,13H2,1H3,(H2,26,32)(H,27,31). The molecule has 0 bridgehead atoms. The molecule has 0 aliphatic carbocycles. The van der Waals surface area contributed by atoms with Gasteiger partial charge in [0.2, 0.25) is 0 Å². The van der Waals surface area contributed by atoms with Gasteiger partial charge in [-0.1, -0.05) is 11.6 Å². The van der Waals surface area contributed by atoms with E-state index in [2.05, 4.69) is 10.4 Å². The maximum atomic E-state index is 13.4. The van der Waals surface area contributed by atoms with Crippen LogP contribution < -0.4 is 15.8 Å². The number of amides is 3. The second kappa shape index (κ2) is 9.22. The Hall–Kier alpha value is -4.03. The Labute approximate surface area is 195 Å². The first kappa shape index (κ1) is 22.2. The molecule has 0 spiro atoms. The molecule has 3 aromatic rings. The third-order valence-electron chi connectivity index (χ3n) is 5.25. The summed E-state index contributed by atoms with van der Waals surface area (Å²) in [6.07, 6.45) is 0. The molecule has 168 valence electrons. The van der Waals surface area contributed by atoms with Crippen LogP contribution in [-0.4, -0.2) is 39.8 Å². The number of nitrogens with one attached hydrogen (secondary N) is 1. The number of carbonyl (C=O) groups is 2. The Kier molecular flexibility index (Phi) is 6.20. The highest BCUT2D eigenvalue weighted by atomic mass is 35.5. The number of benzene rings is 2. The van der Waals surface area contributed by atoms with Crippen LogP contribution in [-0.2, 0) is 13.1 Å². The lowest BCUT2D eigenvalue weighted by atomic mass is 10.0. The first-order chi connectivity index (χ1) is 15.9. The van der Waals surface area contributed by atoms with Gasteiger partial charge in [0.25, 0.3) is 5.91 Å². The number of carbonyl (C=O) groups excluding carboxylic acids is 2. The maximum absolute atomic E-state index is 13.4. The normalized spacial score (nSPS) is 12.6. The number of ether oxygens (including phenoxy) is 1. The van der Waals surface area contributed by atoms with Gasteiger partial charge in [0.15, 0.2) is 0 Å². The summed E-state index contributed by atoms with van der Waals surface area (Å²) in [7, 11) is 0. The fraction of sp³-hybridized carbons (Fsp3) is 0.217. The first-order valence-electron chi connectivity index (χ1n) is 10.3. The quantitative estimate of drug-likeness (QED) is 0.596. The van der Waals surface area contributed by atoms with Gasteiger partial charge < -0.3 is 20.7 Å². The summed E-state index contributed by atoms with van der Waals surface area (Å²) in [5.41, 5.74) is 8.41. The van der Waals surface area contributed by atoms with Crippen molar-refractivity contribution < 1.29 is 14.3 Å². The summed E-state index contributed by atoms with van der Waals surface area (Å²) >= 11 is 6.31. The minimum atomic E-state index is -0.566. The Morgan fingerprint density at radius 2 is 2.00 bits per heavy atom. The number of nitrogens with zero attached hydrogens (tertiary/aromatic N) is 4. The molecule has 1 aliphatic rings. The minimum Gasteiger partial charge on any atom is -0.494 e. The number of halogens is 1. The maximum Gasteiger partial charge on any atom is 0.315 e. The van der Waals surface area contributed by atoms with Crippen molar-refractivity contribution in [3.8, 4) is 23.1 Å². The number of aromatic nitrogens is 2. The smallest absolute Gasteiger partial charge is 0.315 e. The monoisotopic (exact) mass is 464 g/mol. The summed E-state index contributed by atoms with van der Waals surface area (Å²) in [4.78, 5) is 26.7. The zero-order chi connectivity index (χ0) is 23.5. The van der Waals surface area contributed by atoms with E-state index in [-0.39, 0.29) is 6.54 Å². The number of nitriles is 1. The highest BCUT2D eigenvalue weighted by molar-refractivity contribution is 6.31. The van der Waals surface area contributed by atoms with Crippen LogP contribution in [0.25, 0.3) is 11.3 Å². The van der Waals surface area contributed by atoms with Crippen molar-refractivity contribution in [2.24, 2.45) is 5.73 Å². The van der Waals surface area contributed by atoms with Crippen molar-refractivity contribution in [3.63, 3.8) is 0 Å². The Morgan fingerprint density at radius 1 is 1.24 bits per heavy atom. The second-order valence-electron chi connectivity index (χ2n) is 7.41. The lowest BCUT2D eigenvalue weighted by Crippen LogP contribution is -2.42. The largest absolute Gasteiger partial charge is 0.494 e. The van der Waals surface area contributed by atoms with Crippen LogP contribution in [0.2, 0.25) is 5.02 Å². The predicted molar refractivity (Wildman–Crippen MR) is 123 cm³/mol. The van der Waals surface area contributed by atoms with E-state index in [0.717, 1.165) is 0 Å². The van der Waals surface area contributed by atoms with Crippen LogP contribution in [0.1, 0.15) is 28.5 Å². The van der Waals surface area contributed by atoms with E-state index in [1.165, 1.54) is 4.90 Å². The average molecular weight is 465 g/mol. The molecular formula is C23H21ClN6O3. The molecule has 0 radical (unpaired) electrons. The molecule has 1 aliphatic heterocycles. The van der Waals surface area contributed by atoms with Gasteiger partial charge in [-0.05, 0) is 49.4 Å². The first-order valence-corrected chi connectivity index (χ1v) is 10.7. The summed E-state index contributed by atoms with van der Waals surface area (Å²) in [6.45, 7) is 3.26. The highest BCUT2D eigenvalue weighted by Crippen LogP contribution is 2.33. The summed E-state index contributed by atoms with van der Waals surface area (Å²) < 4.78 is 7.31. The zero-order valence-electron chi connectivity index (χ0n) is 17.8. The van der Waals surface area contributed by atoms with Gasteiger partial charge in [-0.25, -0.2) is 4.79 Å². The molecule has 3 N–H and O–H groups in total. The fourth-order valence-corrected chi connectivity index (χ4v) is 3.94. The second-order valence-corrected chi connectivity index (χ2v) is 7.84. The number of nitrogens with two attached hydrogens (primary N) is 1. The Bertz CT molecular complexity index is 1260. The molecule has 0 saturated carbocycles. The topological polar surface area (TPSA) is 126 Å². The number of primary amides is 1. The summed E-state index contributed by atoms with van der Waals surface area (Å²) in [5, 5.41) is 17.0. The Morgan fingerprint density at radius 3 is 2.67 bits per heavy atom. The molecule has 2 aromatic carbocycles. The van der Waals surface area contributed by atoms with Crippen molar-refractivity contribution in [1.82, 2.24) is 14.7 Å². The van der Waals surface area contributed by atoms with Gasteiger partial charge in [-0.15, -0.1) is 0 Å². The van der Waals surface area contributed by atoms with Crippen LogP contribution in [0, 0.1) is 11.3 Å². The van der Waals surface area contributed by atoms with Crippen LogP contribution in [0.4, 0.5) is 10.5 Å². The molecule has 0 unspecified atom stereocenters. The predicted octanol–water partition coefficient (Wildman–Crippen LogP) is 3.62. The molecule has 0 fully saturated rings. The molecule has 2 heterocycles.